The summed E-state index contributed by atoms with van der Waals surface area (Å²) in [5.74, 6) is 1.55. The zero-order valence-corrected chi connectivity index (χ0v) is 18.1. The van der Waals surface area contributed by atoms with Crippen LogP contribution in [0, 0.1) is 5.92 Å². The third-order valence-corrected chi connectivity index (χ3v) is 6.59. The molecule has 1 saturated heterocycles. The first-order chi connectivity index (χ1) is 13.8. The molecule has 0 N–H and O–H groups in total. The predicted molar refractivity (Wildman–Crippen MR) is 120 cm³/mol. The molecule has 0 spiro atoms. The Hall–Kier alpha value is -2.75. The van der Waals surface area contributed by atoms with Crippen LogP contribution >= 0.6 is 0 Å². The molecule has 0 amide bonds. The number of benzene rings is 1. The third kappa shape index (κ3) is 3.64. The highest BCUT2D eigenvalue weighted by molar-refractivity contribution is 5.65. The van der Waals surface area contributed by atoms with Gasteiger partial charge < -0.3 is 4.90 Å². The lowest BCUT2D eigenvalue weighted by molar-refractivity contribution is 0.174. The highest BCUT2D eigenvalue weighted by Crippen LogP contribution is 2.44. The number of piperidine rings is 1. The van der Waals surface area contributed by atoms with Gasteiger partial charge in [0, 0.05) is 28.4 Å². The second-order valence-electron chi connectivity index (χ2n) is 9.32. The van der Waals surface area contributed by atoms with Crippen LogP contribution in [0.25, 0.3) is 22.5 Å². The van der Waals surface area contributed by atoms with Crippen molar-refractivity contribution in [3.05, 3.63) is 60.8 Å². The fraction of sp³-hybridized carbons (Fsp3) is 0.400. The Morgan fingerprint density at radius 3 is 2.17 bits per heavy atom. The van der Waals surface area contributed by atoms with E-state index in [2.05, 4.69) is 85.0 Å². The molecule has 0 saturated carbocycles. The number of nitrogens with zero attached hydrogens (tertiary/aromatic N) is 4. The van der Waals surface area contributed by atoms with Gasteiger partial charge in [-0.15, -0.1) is 10.2 Å². The minimum absolute atomic E-state index is 0.0385. The number of pyridine rings is 1. The van der Waals surface area contributed by atoms with Gasteiger partial charge in [-0.2, -0.15) is 0 Å². The molecule has 1 unspecified atom stereocenters. The standard InChI is InChI=1S/C25H30N4/c1-18-15-16-24(2,3)29(25(18,4)5)23-14-13-22(27-28-23)20-11-12-21(26-17-20)19-9-7-6-8-10-19/h6-14,17-18H,15-16H2,1-5H3. The Labute approximate surface area is 174 Å². The van der Waals surface area contributed by atoms with Gasteiger partial charge in [0.05, 0.1) is 11.4 Å². The van der Waals surface area contributed by atoms with E-state index in [0.717, 1.165) is 34.8 Å². The second-order valence-corrected chi connectivity index (χ2v) is 9.32. The van der Waals surface area contributed by atoms with Crippen LogP contribution in [0.1, 0.15) is 47.5 Å². The van der Waals surface area contributed by atoms with Gasteiger partial charge in [0.15, 0.2) is 5.82 Å². The summed E-state index contributed by atoms with van der Waals surface area (Å²) in [5, 5.41) is 9.18. The molecule has 1 fully saturated rings. The maximum absolute atomic E-state index is 4.63. The normalized spacial score (nSPS) is 20.4. The molecule has 1 aliphatic heterocycles. The summed E-state index contributed by atoms with van der Waals surface area (Å²) in [6, 6.07) is 18.5. The van der Waals surface area contributed by atoms with Crippen molar-refractivity contribution in [2.75, 3.05) is 4.90 Å². The summed E-state index contributed by atoms with van der Waals surface area (Å²) in [6.45, 7) is 11.6. The largest absolute Gasteiger partial charge is 0.345 e. The Kier molecular flexibility index (Phi) is 4.89. The van der Waals surface area contributed by atoms with Crippen molar-refractivity contribution in [3.8, 4) is 22.5 Å². The number of hydrogen-bond donors (Lipinski definition) is 0. The average molecular weight is 387 g/mol. The molecule has 0 radical (unpaired) electrons. The van der Waals surface area contributed by atoms with Gasteiger partial charge in [-0.3, -0.25) is 4.98 Å². The van der Waals surface area contributed by atoms with Crippen LogP contribution in [0.15, 0.2) is 60.8 Å². The zero-order valence-electron chi connectivity index (χ0n) is 18.1. The van der Waals surface area contributed by atoms with E-state index in [1.54, 1.807) is 0 Å². The number of hydrogen-bond acceptors (Lipinski definition) is 4. The third-order valence-electron chi connectivity index (χ3n) is 6.59. The van der Waals surface area contributed by atoms with Crippen LogP contribution in [0.3, 0.4) is 0 Å². The summed E-state index contributed by atoms with van der Waals surface area (Å²) in [5.41, 5.74) is 4.01. The molecule has 4 heteroatoms. The Morgan fingerprint density at radius 2 is 1.55 bits per heavy atom. The quantitative estimate of drug-likeness (QED) is 0.554. The van der Waals surface area contributed by atoms with Gasteiger partial charge in [-0.05, 0) is 70.7 Å². The molecule has 0 bridgehead atoms. The maximum Gasteiger partial charge on any atom is 0.152 e. The first-order valence-corrected chi connectivity index (χ1v) is 10.4. The second kappa shape index (κ2) is 7.25. The molecule has 4 nitrogen and oxygen atoms in total. The summed E-state index contributed by atoms with van der Waals surface area (Å²) in [7, 11) is 0. The van der Waals surface area contributed by atoms with Crippen LogP contribution in [-0.4, -0.2) is 26.3 Å². The number of rotatable bonds is 3. The molecule has 2 aromatic heterocycles. The molecule has 0 aliphatic carbocycles. The van der Waals surface area contributed by atoms with Gasteiger partial charge in [-0.1, -0.05) is 37.3 Å². The lowest BCUT2D eigenvalue weighted by atomic mass is 9.73. The fourth-order valence-corrected chi connectivity index (χ4v) is 4.56. The van der Waals surface area contributed by atoms with Crippen molar-refractivity contribution in [2.45, 2.75) is 58.5 Å². The van der Waals surface area contributed by atoms with E-state index in [0.29, 0.717) is 5.92 Å². The van der Waals surface area contributed by atoms with Crippen molar-refractivity contribution < 1.29 is 0 Å². The Bertz CT molecular complexity index is 960. The maximum atomic E-state index is 4.63. The molecule has 1 aromatic carbocycles. The highest BCUT2D eigenvalue weighted by Gasteiger charge is 2.46. The number of anilines is 1. The molecule has 1 aliphatic rings. The lowest BCUT2D eigenvalue weighted by Gasteiger charge is -2.56. The minimum Gasteiger partial charge on any atom is -0.345 e. The summed E-state index contributed by atoms with van der Waals surface area (Å²) >= 11 is 0. The number of aromatic nitrogens is 3. The molecular weight excluding hydrogens is 356 g/mol. The van der Waals surface area contributed by atoms with Gasteiger partial charge in [0.25, 0.3) is 0 Å². The molecule has 4 rings (SSSR count). The fourth-order valence-electron chi connectivity index (χ4n) is 4.56. The van der Waals surface area contributed by atoms with Crippen molar-refractivity contribution in [1.29, 1.82) is 0 Å². The molecule has 3 aromatic rings. The minimum atomic E-state index is 0.0385. The monoisotopic (exact) mass is 386 g/mol. The topological polar surface area (TPSA) is 41.9 Å². The van der Waals surface area contributed by atoms with E-state index in [1.165, 1.54) is 6.42 Å². The van der Waals surface area contributed by atoms with Crippen LogP contribution in [0.4, 0.5) is 5.82 Å². The Morgan fingerprint density at radius 1 is 0.828 bits per heavy atom. The van der Waals surface area contributed by atoms with Crippen LogP contribution in [0.5, 0.6) is 0 Å². The van der Waals surface area contributed by atoms with Crippen LogP contribution < -0.4 is 4.90 Å². The average Bonchev–Trinajstić information content (AvgIpc) is 2.72. The lowest BCUT2D eigenvalue weighted by Crippen LogP contribution is -2.62. The van der Waals surface area contributed by atoms with E-state index in [1.807, 2.05) is 30.5 Å². The molecule has 29 heavy (non-hydrogen) atoms. The molecule has 150 valence electrons. The van der Waals surface area contributed by atoms with Crippen molar-refractivity contribution in [3.63, 3.8) is 0 Å². The van der Waals surface area contributed by atoms with Crippen molar-refractivity contribution >= 4 is 5.82 Å². The van der Waals surface area contributed by atoms with E-state index in [9.17, 15) is 0 Å². The SMILES string of the molecule is CC1CCC(C)(C)N(c2ccc(-c3ccc(-c4ccccc4)nc3)nn2)C1(C)C. The first-order valence-electron chi connectivity index (χ1n) is 10.4. The summed E-state index contributed by atoms with van der Waals surface area (Å²) in [4.78, 5) is 7.08. The van der Waals surface area contributed by atoms with Crippen LogP contribution in [0.2, 0.25) is 0 Å². The first kappa shape index (κ1) is 19.6. The molecular formula is C25H30N4. The van der Waals surface area contributed by atoms with E-state index in [4.69, 9.17) is 0 Å². The predicted octanol–water partition coefficient (Wildman–Crippen LogP) is 6.00. The molecule has 1 atom stereocenters. The zero-order chi connectivity index (χ0) is 20.6. The highest BCUT2D eigenvalue weighted by atomic mass is 15.3. The van der Waals surface area contributed by atoms with Crippen LogP contribution in [-0.2, 0) is 0 Å². The molecule has 3 heterocycles. The van der Waals surface area contributed by atoms with Crippen molar-refractivity contribution in [1.82, 2.24) is 15.2 Å². The van der Waals surface area contributed by atoms with Gasteiger partial charge in [0.2, 0.25) is 0 Å². The smallest absolute Gasteiger partial charge is 0.152 e. The van der Waals surface area contributed by atoms with E-state index < -0.39 is 0 Å². The van der Waals surface area contributed by atoms with E-state index >= 15 is 0 Å². The Balaban J connectivity index is 1.61. The van der Waals surface area contributed by atoms with Gasteiger partial charge in [-0.25, -0.2) is 0 Å². The summed E-state index contributed by atoms with van der Waals surface area (Å²) < 4.78 is 0. The van der Waals surface area contributed by atoms with Crippen molar-refractivity contribution in [2.24, 2.45) is 5.92 Å². The van der Waals surface area contributed by atoms with Gasteiger partial charge >= 0.3 is 0 Å². The van der Waals surface area contributed by atoms with E-state index in [-0.39, 0.29) is 11.1 Å². The van der Waals surface area contributed by atoms with Gasteiger partial charge in [0.1, 0.15) is 0 Å². The summed E-state index contributed by atoms with van der Waals surface area (Å²) in [6.07, 6.45) is 4.27.